The van der Waals surface area contributed by atoms with Crippen LogP contribution in [0.5, 0.6) is 0 Å². The molecule has 1 fully saturated rings. The Balaban J connectivity index is 1.91. The summed E-state index contributed by atoms with van der Waals surface area (Å²) in [5.74, 6) is 0. The van der Waals surface area contributed by atoms with Gasteiger partial charge < -0.3 is 0 Å². The van der Waals surface area contributed by atoms with Gasteiger partial charge in [-0.2, -0.15) is 9.40 Å². The molecule has 0 bridgehead atoms. The Kier molecular flexibility index (Phi) is 4.78. The fourth-order valence-corrected chi connectivity index (χ4v) is 5.64. The standard InChI is InChI=1S/C18H25N3O2S/c1-14-8-7-9-15(2)21(14)24(22,23)18-13-20(19-16(18)3)12-17-10-5-4-6-11-17/h4-6,10-11,13-15H,7-9,12H2,1-3H3. The van der Waals surface area contributed by atoms with Gasteiger partial charge in [0.2, 0.25) is 10.0 Å². The molecule has 0 aliphatic carbocycles. The lowest BCUT2D eigenvalue weighted by Crippen LogP contribution is -2.47. The zero-order valence-corrected chi connectivity index (χ0v) is 15.3. The molecule has 1 aliphatic heterocycles. The average molecular weight is 347 g/mol. The van der Waals surface area contributed by atoms with Crippen LogP contribution < -0.4 is 0 Å². The van der Waals surface area contributed by atoms with Crippen LogP contribution in [-0.4, -0.2) is 34.6 Å². The number of aromatic nitrogens is 2. The van der Waals surface area contributed by atoms with Crippen LogP contribution in [0.15, 0.2) is 41.4 Å². The van der Waals surface area contributed by atoms with Crippen LogP contribution in [-0.2, 0) is 16.6 Å². The van der Waals surface area contributed by atoms with E-state index in [1.54, 1.807) is 22.1 Å². The second-order valence-corrected chi connectivity index (χ2v) is 8.54. The topological polar surface area (TPSA) is 55.2 Å². The Labute approximate surface area is 144 Å². The minimum Gasteiger partial charge on any atom is -0.267 e. The summed E-state index contributed by atoms with van der Waals surface area (Å²) in [6.07, 6.45) is 4.59. The average Bonchev–Trinajstić information content (AvgIpc) is 2.89. The SMILES string of the molecule is Cc1nn(Cc2ccccc2)cc1S(=O)(=O)N1C(C)CCCC1C. The van der Waals surface area contributed by atoms with E-state index in [9.17, 15) is 8.42 Å². The summed E-state index contributed by atoms with van der Waals surface area (Å²) >= 11 is 0. The summed E-state index contributed by atoms with van der Waals surface area (Å²) < 4.78 is 29.7. The molecule has 24 heavy (non-hydrogen) atoms. The highest BCUT2D eigenvalue weighted by atomic mass is 32.2. The van der Waals surface area contributed by atoms with Gasteiger partial charge in [0.05, 0.1) is 12.2 Å². The molecule has 1 aromatic heterocycles. The lowest BCUT2D eigenvalue weighted by molar-refractivity contribution is 0.204. The van der Waals surface area contributed by atoms with Gasteiger partial charge in [-0.05, 0) is 39.2 Å². The molecule has 2 aromatic rings. The minimum atomic E-state index is -3.51. The third-order valence-corrected chi connectivity index (χ3v) is 6.99. The van der Waals surface area contributed by atoms with Gasteiger partial charge in [0.25, 0.3) is 0 Å². The van der Waals surface area contributed by atoms with Crippen molar-refractivity contribution in [3.8, 4) is 0 Å². The summed E-state index contributed by atoms with van der Waals surface area (Å²) in [5, 5.41) is 4.43. The molecule has 0 saturated carbocycles. The number of sulfonamides is 1. The fourth-order valence-electron chi connectivity index (χ4n) is 3.59. The second-order valence-electron chi connectivity index (χ2n) is 6.73. The van der Waals surface area contributed by atoms with Crippen LogP contribution in [0.3, 0.4) is 0 Å². The Bertz CT molecular complexity index is 789. The maximum Gasteiger partial charge on any atom is 0.246 e. The van der Waals surface area contributed by atoms with Crippen molar-refractivity contribution in [1.82, 2.24) is 14.1 Å². The summed E-state index contributed by atoms with van der Waals surface area (Å²) in [6, 6.07) is 10.0. The lowest BCUT2D eigenvalue weighted by Gasteiger charge is -2.37. The van der Waals surface area contributed by atoms with E-state index in [1.165, 1.54) is 0 Å². The largest absolute Gasteiger partial charge is 0.267 e. The van der Waals surface area contributed by atoms with Gasteiger partial charge in [-0.1, -0.05) is 36.8 Å². The van der Waals surface area contributed by atoms with Gasteiger partial charge >= 0.3 is 0 Å². The van der Waals surface area contributed by atoms with Crippen molar-refractivity contribution in [3.63, 3.8) is 0 Å². The minimum absolute atomic E-state index is 0.0376. The molecule has 1 saturated heterocycles. The first-order valence-corrected chi connectivity index (χ1v) is 9.95. The van der Waals surface area contributed by atoms with E-state index in [4.69, 9.17) is 0 Å². The smallest absolute Gasteiger partial charge is 0.246 e. The van der Waals surface area contributed by atoms with Crippen LogP contribution >= 0.6 is 0 Å². The van der Waals surface area contributed by atoms with Gasteiger partial charge in [0.1, 0.15) is 4.90 Å². The molecule has 130 valence electrons. The van der Waals surface area contributed by atoms with Gasteiger partial charge in [0.15, 0.2) is 0 Å². The van der Waals surface area contributed by atoms with Crippen molar-refractivity contribution in [2.24, 2.45) is 0 Å². The van der Waals surface area contributed by atoms with Gasteiger partial charge in [-0.25, -0.2) is 8.42 Å². The van der Waals surface area contributed by atoms with Crippen LogP contribution in [0, 0.1) is 6.92 Å². The normalized spacial score (nSPS) is 22.6. The van der Waals surface area contributed by atoms with Crippen molar-refractivity contribution in [2.75, 3.05) is 0 Å². The Morgan fingerprint density at radius 1 is 1.12 bits per heavy atom. The monoisotopic (exact) mass is 347 g/mol. The van der Waals surface area contributed by atoms with Crippen molar-refractivity contribution < 1.29 is 8.42 Å². The fraction of sp³-hybridized carbons (Fsp3) is 0.500. The van der Waals surface area contributed by atoms with E-state index < -0.39 is 10.0 Å². The van der Waals surface area contributed by atoms with Crippen molar-refractivity contribution in [2.45, 2.75) is 63.6 Å². The molecule has 5 nitrogen and oxygen atoms in total. The molecular formula is C18H25N3O2S. The number of rotatable bonds is 4. The number of piperidine rings is 1. The quantitative estimate of drug-likeness (QED) is 0.853. The van der Waals surface area contributed by atoms with Crippen LogP contribution in [0.4, 0.5) is 0 Å². The zero-order valence-electron chi connectivity index (χ0n) is 14.5. The molecule has 1 aromatic carbocycles. The summed E-state index contributed by atoms with van der Waals surface area (Å²) in [6.45, 7) is 6.34. The summed E-state index contributed by atoms with van der Waals surface area (Å²) in [4.78, 5) is 0.332. The highest BCUT2D eigenvalue weighted by Gasteiger charge is 2.37. The Morgan fingerprint density at radius 3 is 2.38 bits per heavy atom. The van der Waals surface area contributed by atoms with E-state index in [2.05, 4.69) is 5.10 Å². The van der Waals surface area contributed by atoms with Gasteiger partial charge in [-0.15, -0.1) is 0 Å². The molecule has 1 aliphatic rings. The molecule has 0 radical (unpaired) electrons. The Morgan fingerprint density at radius 2 is 1.75 bits per heavy atom. The summed E-state index contributed by atoms with van der Waals surface area (Å²) in [7, 11) is -3.51. The number of benzene rings is 1. The predicted octanol–water partition coefficient (Wildman–Crippen LogP) is 3.19. The predicted molar refractivity (Wildman–Crippen MR) is 94.3 cm³/mol. The first-order valence-electron chi connectivity index (χ1n) is 8.51. The van der Waals surface area contributed by atoms with E-state index in [0.717, 1.165) is 24.8 Å². The van der Waals surface area contributed by atoms with Crippen LogP contribution in [0.1, 0.15) is 44.4 Å². The van der Waals surface area contributed by atoms with Crippen molar-refractivity contribution >= 4 is 10.0 Å². The van der Waals surface area contributed by atoms with Crippen molar-refractivity contribution in [1.29, 1.82) is 0 Å². The van der Waals surface area contributed by atoms with Crippen LogP contribution in [0.2, 0.25) is 0 Å². The molecule has 0 amide bonds. The first kappa shape index (κ1) is 17.2. The third-order valence-electron chi connectivity index (χ3n) is 4.76. The van der Waals surface area contributed by atoms with E-state index in [-0.39, 0.29) is 12.1 Å². The third kappa shape index (κ3) is 3.26. The molecule has 2 atom stereocenters. The maximum absolute atomic E-state index is 13.2. The Hall–Kier alpha value is -1.66. The number of hydrogen-bond donors (Lipinski definition) is 0. The molecule has 2 heterocycles. The maximum atomic E-state index is 13.2. The number of nitrogens with zero attached hydrogens (tertiary/aromatic N) is 3. The van der Waals surface area contributed by atoms with Gasteiger partial charge in [0, 0.05) is 18.3 Å². The molecule has 2 unspecified atom stereocenters. The molecular weight excluding hydrogens is 322 g/mol. The van der Waals surface area contributed by atoms with E-state index in [1.807, 2.05) is 44.2 Å². The summed E-state index contributed by atoms with van der Waals surface area (Å²) in [5.41, 5.74) is 1.67. The molecule has 6 heteroatoms. The second kappa shape index (κ2) is 6.69. The lowest BCUT2D eigenvalue weighted by atomic mass is 10.0. The highest BCUT2D eigenvalue weighted by molar-refractivity contribution is 7.89. The molecule has 0 spiro atoms. The van der Waals surface area contributed by atoms with Gasteiger partial charge in [-0.3, -0.25) is 4.68 Å². The van der Waals surface area contributed by atoms with E-state index >= 15 is 0 Å². The first-order chi connectivity index (χ1) is 11.4. The number of hydrogen-bond acceptors (Lipinski definition) is 3. The number of aryl methyl sites for hydroxylation is 1. The zero-order chi connectivity index (χ0) is 17.3. The highest BCUT2D eigenvalue weighted by Crippen LogP contribution is 2.30. The molecule has 3 rings (SSSR count). The van der Waals surface area contributed by atoms with E-state index in [0.29, 0.717) is 17.1 Å². The van der Waals surface area contributed by atoms with Crippen LogP contribution in [0.25, 0.3) is 0 Å². The van der Waals surface area contributed by atoms with Crippen molar-refractivity contribution in [3.05, 3.63) is 47.8 Å². The molecule has 0 N–H and O–H groups in total.